The summed E-state index contributed by atoms with van der Waals surface area (Å²) in [7, 11) is 1.62. The topological polar surface area (TPSA) is 68.7 Å². The largest absolute Gasteiger partial charge is 0.461 e. The van der Waals surface area contributed by atoms with Gasteiger partial charge in [0.2, 0.25) is 5.91 Å². The molecule has 0 radical (unpaired) electrons. The van der Waals surface area contributed by atoms with Gasteiger partial charge in [-0.05, 0) is 13.3 Å². The monoisotopic (exact) mass is 356 g/mol. The Kier molecular flexibility index (Phi) is 10.3. The number of methoxy groups -OCH3 is 1. The van der Waals surface area contributed by atoms with E-state index in [0.29, 0.717) is 38.4 Å². The van der Waals surface area contributed by atoms with Gasteiger partial charge in [-0.2, -0.15) is 0 Å². The average molecular weight is 356 g/mol. The van der Waals surface area contributed by atoms with E-state index in [1.165, 1.54) is 11.3 Å². The maximum absolute atomic E-state index is 12.4. The van der Waals surface area contributed by atoms with Gasteiger partial charge in [-0.1, -0.05) is 26.2 Å². The summed E-state index contributed by atoms with van der Waals surface area (Å²) in [4.78, 5) is 30.1. The third-order valence-corrected chi connectivity index (χ3v) is 4.36. The standard InChI is InChI=1S/C17H28N2O4S/c1-4-6-7-8-9-16(20)19(10-11-22-3)12-15-18-14(13-24-15)17(21)23-5-2/h13H,4-12H2,1-3H3. The molecule has 7 heteroatoms. The Morgan fingerprint density at radius 3 is 2.71 bits per heavy atom. The molecule has 0 N–H and O–H groups in total. The molecule has 0 bridgehead atoms. The van der Waals surface area contributed by atoms with Gasteiger partial charge in [-0.25, -0.2) is 9.78 Å². The summed E-state index contributed by atoms with van der Waals surface area (Å²) in [6, 6.07) is 0. The zero-order chi connectivity index (χ0) is 17.8. The van der Waals surface area contributed by atoms with Crippen LogP contribution in [0.3, 0.4) is 0 Å². The first-order chi connectivity index (χ1) is 11.6. The second-order valence-electron chi connectivity index (χ2n) is 5.47. The summed E-state index contributed by atoms with van der Waals surface area (Å²) < 4.78 is 10.0. The van der Waals surface area contributed by atoms with Crippen molar-refractivity contribution in [3.8, 4) is 0 Å². The normalized spacial score (nSPS) is 10.6. The predicted octanol–water partition coefficient (Wildman–Crippen LogP) is 3.27. The first-order valence-corrected chi connectivity index (χ1v) is 9.38. The summed E-state index contributed by atoms with van der Waals surface area (Å²) >= 11 is 1.37. The van der Waals surface area contributed by atoms with Crippen molar-refractivity contribution in [1.82, 2.24) is 9.88 Å². The second kappa shape index (κ2) is 12.0. The van der Waals surface area contributed by atoms with Crippen molar-refractivity contribution >= 4 is 23.2 Å². The Balaban J connectivity index is 2.61. The van der Waals surface area contributed by atoms with Crippen molar-refractivity contribution < 1.29 is 19.1 Å². The maximum atomic E-state index is 12.4. The highest BCUT2D eigenvalue weighted by molar-refractivity contribution is 7.09. The molecule has 0 unspecified atom stereocenters. The fraction of sp³-hybridized carbons (Fsp3) is 0.706. The number of unbranched alkanes of at least 4 members (excludes halogenated alkanes) is 3. The second-order valence-corrected chi connectivity index (χ2v) is 6.41. The molecule has 24 heavy (non-hydrogen) atoms. The zero-order valence-corrected chi connectivity index (χ0v) is 15.7. The van der Waals surface area contributed by atoms with Crippen molar-refractivity contribution in [2.24, 2.45) is 0 Å². The first-order valence-electron chi connectivity index (χ1n) is 8.50. The van der Waals surface area contributed by atoms with E-state index in [0.717, 1.165) is 30.7 Å². The molecule has 0 aromatic carbocycles. The molecule has 0 saturated carbocycles. The summed E-state index contributed by atoms with van der Waals surface area (Å²) in [6.07, 6.45) is 4.82. The van der Waals surface area contributed by atoms with E-state index >= 15 is 0 Å². The van der Waals surface area contributed by atoms with Crippen molar-refractivity contribution in [3.05, 3.63) is 16.1 Å². The third-order valence-electron chi connectivity index (χ3n) is 3.52. The number of hydrogen-bond donors (Lipinski definition) is 0. The molecule has 1 aromatic heterocycles. The summed E-state index contributed by atoms with van der Waals surface area (Å²) in [5, 5.41) is 2.41. The summed E-state index contributed by atoms with van der Waals surface area (Å²) in [6.45, 7) is 5.64. The van der Waals surface area contributed by atoms with Crippen molar-refractivity contribution in [2.45, 2.75) is 52.5 Å². The Morgan fingerprint density at radius 1 is 1.25 bits per heavy atom. The Labute approximate surface area is 148 Å². The molecular weight excluding hydrogens is 328 g/mol. The minimum atomic E-state index is -0.422. The molecule has 0 aliphatic carbocycles. The van der Waals surface area contributed by atoms with Crippen LogP contribution in [-0.2, 0) is 20.8 Å². The van der Waals surface area contributed by atoms with Gasteiger partial charge >= 0.3 is 5.97 Å². The van der Waals surface area contributed by atoms with Crippen LogP contribution in [-0.4, -0.2) is 48.6 Å². The molecule has 136 valence electrons. The van der Waals surface area contributed by atoms with E-state index in [1.54, 1.807) is 24.3 Å². The van der Waals surface area contributed by atoms with Gasteiger partial charge in [0.15, 0.2) is 5.69 Å². The smallest absolute Gasteiger partial charge is 0.357 e. The van der Waals surface area contributed by atoms with Crippen LogP contribution in [0.5, 0.6) is 0 Å². The number of ether oxygens (including phenoxy) is 2. The third kappa shape index (κ3) is 7.40. The highest BCUT2D eigenvalue weighted by Gasteiger charge is 2.17. The molecule has 1 amide bonds. The minimum absolute atomic E-state index is 0.107. The molecule has 1 aromatic rings. The number of carbonyl (C=O) groups excluding carboxylic acids is 2. The van der Waals surface area contributed by atoms with Gasteiger partial charge in [0.05, 0.1) is 19.8 Å². The van der Waals surface area contributed by atoms with Crippen molar-refractivity contribution in [1.29, 1.82) is 0 Å². The van der Waals surface area contributed by atoms with Crippen LogP contribution in [0.2, 0.25) is 0 Å². The first kappa shape index (κ1) is 20.6. The number of rotatable bonds is 12. The van der Waals surface area contributed by atoms with Crippen molar-refractivity contribution in [2.75, 3.05) is 26.9 Å². The minimum Gasteiger partial charge on any atom is -0.461 e. The van der Waals surface area contributed by atoms with Crippen LogP contribution in [0, 0.1) is 0 Å². The van der Waals surface area contributed by atoms with Crippen LogP contribution in [0.15, 0.2) is 5.38 Å². The van der Waals surface area contributed by atoms with Gasteiger partial charge in [-0.15, -0.1) is 11.3 Å². The average Bonchev–Trinajstić information content (AvgIpc) is 3.04. The number of aromatic nitrogens is 1. The van der Waals surface area contributed by atoms with Crippen LogP contribution in [0.25, 0.3) is 0 Å². The van der Waals surface area contributed by atoms with Gasteiger partial charge in [0.25, 0.3) is 0 Å². The summed E-state index contributed by atoms with van der Waals surface area (Å²) in [5.41, 5.74) is 0.305. The van der Waals surface area contributed by atoms with Gasteiger partial charge < -0.3 is 14.4 Å². The lowest BCUT2D eigenvalue weighted by Gasteiger charge is -2.21. The number of amides is 1. The molecule has 0 saturated heterocycles. The van der Waals surface area contributed by atoms with Gasteiger partial charge in [0.1, 0.15) is 5.01 Å². The lowest BCUT2D eigenvalue weighted by atomic mass is 10.1. The number of carbonyl (C=O) groups is 2. The molecule has 0 fully saturated rings. The lowest BCUT2D eigenvalue weighted by Crippen LogP contribution is -2.33. The van der Waals surface area contributed by atoms with E-state index in [-0.39, 0.29) is 5.91 Å². The van der Waals surface area contributed by atoms with Crippen LogP contribution < -0.4 is 0 Å². The molecule has 1 rings (SSSR count). The van der Waals surface area contributed by atoms with E-state index in [2.05, 4.69) is 11.9 Å². The van der Waals surface area contributed by atoms with E-state index in [9.17, 15) is 9.59 Å². The molecule has 6 nitrogen and oxygen atoms in total. The Bertz CT molecular complexity index is 505. The maximum Gasteiger partial charge on any atom is 0.357 e. The fourth-order valence-electron chi connectivity index (χ4n) is 2.20. The number of thiazole rings is 1. The molecule has 0 aliphatic heterocycles. The number of hydrogen-bond acceptors (Lipinski definition) is 6. The lowest BCUT2D eigenvalue weighted by molar-refractivity contribution is -0.132. The Morgan fingerprint density at radius 2 is 2.04 bits per heavy atom. The number of nitrogens with zero attached hydrogens (tertiary/aromatic N) is 2. The van der Waals surface area contributed by atoms with Crippen molar-refractivity contribution in [3.63, 3.8) is 0 Å². The van der Waals surface area contributed by atoms with Gasteiger partial charge in [-0.3, -0.25) is 4.79 Å². The predicted molar refractivity (Wildman–Crippen MR) is 94.1 cm³/mol. The van der Waals surface area contributed by atoms with Crippen LogP contribution in [0.4, 0.5) is 0 Å². The molecule has 0 spiro atoms. The molecular formula is C17H28N2O4S. The Hall–Kier alpha value is -1.47. The highest BCUT2D eigenvalue weighted by Crippen LogP contribution is 2.15. The van der Waals surface area contributed by atoms with E-state index in [4.69, 9.17) is 9.47 Å². The molecule has 0 aliphatic rings. The zero-order valence-electron chi connectivity index (χ0n) is 14.9. The SMILES string of the molecule is CCCCCCC(=O)N(CCOC)Cc1nc(C(=O)OCC)cs1. The van der Waals surface area contributed by atoms with Gasteiger partial charge in [0, 0.05) is 25.5 Å². The van der Waals surface area contributed by atoms with E-state index in [1.807, 2.05) is 0 Å². The fourth-order valence-corrected chi connectivity index (χ4v) is 2.98. The quantitative estimate of drug-likeness (QED) is 0.425. The highest BCUT2D eigenvalue weighted by atomic mass is 32.1. The van der Waals surface area contributed by atoms with E-state index < -0.39 is 5.97 Å². The molecule has 0 atom stereocenters. The van der Waals surface area contributed by atoms with Crippen LogP contribution >= 0.6 is 11.3 Å². The van der Waals surface area contributed by atoms with Crippen LogP contribution in [0.1, 0.15) is 61.4 Å². The summed E-state index contributed by atoms with van der Waals surface area (Å²) in [5.74, 6) is -0.314. The number of esters is 1. The molecule has 1 heterocycles.